The van der Waals surface area contributed by atoms with Gasteiger partial charge >= 0.3 is 6.18 Å². The van der Waals surface area contributed by atoms with E-state index in [0.29, 0.717) is 11.5 Å². The fourth-order valence-electron chi connectivity index (χ4n) is 3.30. The van der Waals surface area contributed by atoms with Gasteiger partial charge in [0, 0.05) is 37.6 Å². The Morgan fingerprint density at radius 2 is 2.03 bits per heavy atom. The molecule has 0 saturated carbocycles. The summed E-state index contributed by atoms with van der Waals surface area (Å²) in [5.41, 5.74) is 1.06. The SMILES string of the molecule is CC(Oc1ccc(C#N)c(Cl)c1C(=O)N1Cc2cn(-c3ccn(C)n3)nc2C1)C(F)(F)F. The largest absolute Gasteiger partial charge is 0.480 e. The summed E-state index contributed by atoms with van der Waals surface area (Å²) in [6, 6.07) is 5.97. The normalized spacial score (nSPS) is 14.2. The number of nitriles is 1. The number of aromatic nitrogens is 4. The van der Waals surface area contributed by atoms with E-state index in [-0.39, 0.29) is 35.0 Å². The molecule has 1 unspecified atom stereocenters. The van der Waals surface area contributed by atoms with Crippen LogP contribution in [0.15, 0.2) is 30.6 Å². The minimum Gasteiger partial charge on any atom is -0.480 e. The molecule has 1 amide bonds. The number of carbonyl (C=O) groups excluding carboxylic acids is 1. The molecule has 166 valence electrons. The van der Waals surface area contributed by atoms with Gasteiger partial charge in [0.15, 0.2) is 11.9 Å². The first-order valence-electron chi connectivity index (χ1n) is 9.41. The lowest BCUT2D eigenvalue weighted by Crippen LogP contribution is -2.33. The fourth-order valence-corrected chi connectivity index (χ4v) is 3.58. The van der Waals surface area contributed by atoms with E-state index in [1.165, 1.54) is 11.0 Å². The van der Waals surface area contributed by atoms with E-state index in [9.17, 15) is 23.2 Å². The number of aryl methyl sites for hydroxylation is 1. The van der Waals surface area contributed by atoms with Crippen LogP contribution in [0.25, 0.3) is 5.82 Å². The Balaban J connectivity index is 1.62. The zero-order chi connectivity index (χ0) is 23.2. The Labute approximate surface area is 185 Å². The van der Waals surface area contributed by atoms with Crippen molar-refractivity contribution in [2.45, 2.75) is 32.3 Å². The van der Waals surface area contributed by atoms with Crippen LogP contribution < -0.4 is 4.74 Å². The molecule has 3 heterocycles. The van der Waals surface area contributed by atoms with Crippen molar-refractivity contribution in [3.8, 4) is 17.6 Å². The van der Waals surface area contributed by atoms with Crippen molar-refractivity contribution < 1.29 is 22.7 Å². The molecule has 0 radical (unpaired) electrons. The van der Waals surface area contributed by atoms with Crippen molar-refractivity contribution in [3.63, 3.8) is 0 Å². The topological polar surface area (TPSA) is 89.0 Å². The Bertz CT molecular complexity index is 1220. The highest BCUT2D eigenvalue weighted by atomic mass is 35.5. The Kier molecular flexibility index (Phi) is 5.34. The predicted octanol–water partition coefficient (Wildman–Crippen LogP) is 3.62. The first kappa shape index (κ1) is 21.7. The standard InChI is InChI=1S/C20H16ClF3N6O2/c1-11(20(22,23)24)32-15-4-3-12(7-25)18(21)17(15)19(31)29-8-13-9-30(26-14(13)10-29)16-5-6-28(2)27-16/h3-6,9,11H,8,10H2,1-2H3. The van der Waals surface area contributed by atoms with Crippen LogP contribution in [0, 0.1) is 11.3 Å². The number of fused-ring (bicyclic) bond motifs is 1. The Morgan fingerprint density at radius 1 is 1.28 bits per heavy atom. The van der Waals surface area contributed by atoms with Crippen LogP contribution in [-0.4, -0.2) is 42.6 Å². The average Bonchev–Trinajstić information content (AvgIpc) is 3.41. The summed E-state index contributed by atoms with van der Waals surface area (Å²) in [6.45, 7) is 1.12. The summed E-state index contributed by atoms with van der Waals surface area (Å²) in [5, 5.41) is 17.7. The van der Waals surface area contributed by atoms with E-state index in [1.807, 2.05) is 6.07 Å². The fraction of sp³-hybridized carbons (Fsp3) is 0.300. The van der Waals surface area contributed by atoms with Gasteiger partial charge in [0.2, 0.25) is 0 Å². The second-order valence-electron chi connectivity index (χ2n) is 7.27. The molecule has 1 aliphatic heterocycles. The number of nitrogens with zero attached hydrogens (tertiary/aromatic N) is 6. The number of carbonyl (C=O) groups is 1. The molecule has 3 aromatic rings. The molecule has 12 heteroatoms. The van der Waals surface area contributed by atoms with E-state index in [1.54, 1.807) is 34.9 Å². The van der Waals surface area contributed by atoms with Gasteiger partial charge in [-0.25, -0.2) is 4.68 Å². The van der Waals surface area contributed by atoms with Gasteiger partial charge in [-0.3, -0.25) is 9.48 Å². The average molecular weight is 465 g/mol. The molecule has 2 aromatic heterocycles. The summed E-state index contributed by atoms with van der Waals surface area (Å²) >= 11 is 6.22. The minimum atomic E-state index is -4.64. The third-order valence-corrected chi connectivity index (χ3v) is 5.40. The van der Waals surface area contributed by atoms with Crippen LogP contribution in [0.3, 0.4) is 0 Å². The quantitative estimate of drug-likeness (QED) is 0.588. The highest BCUT2D eigenvalue weighted by Gasteiger charge is 2.39. The maximum atomic E-state index is 13.2. The zero-order valence-electron chi connectivity index (χ0n) is 16.9. The summed E-state index contributed by atoms with van der Waals surface area (Å²) in [6.07, 6.45) is -3.30. The molecule has 0 aliphatic carbocycles. The number of hydrogen-bond acceptors (Lipinski definition) is 5. The molecule has 1 atom stereocenters. The van der Waals surface area contributed by atoms with Gasteiger partial charge in [-0.1, -0.05) is 11.6 Å². The van der Waals surface area contributed by atoms with Crippen LogP contribution in [-0.2, 0) is 20.1 Å². The van der Waals surface area contributed by atoms with Crippen molar-refractivity contribution in [2.75, 3.05) is 0 Å². The van der Waals surface area contributed by atoms with E-state index < -0.39 is 18.2 Å². The second kappa shape index (κ2) is 7.87. The van der Waals surface area contributed by atoms with E-state index in [0.717, 1.165) is 18.6 Å². The summed E-state index contributed by atoms with van der Waals surface area (Å²) in [4.78, 5) is 14.6. The summed E-state index contributed by atoms with van der Waals surface area (Å²) in [5.74, 6) is -0.382. The van der Waals surface area contributed by atoms with Crippen molar-refractivity contribution in [3.05, 3.63) is 58.0 Å². The molecule has 0 bridgehead atoms. The van der Waals surface area contributed by atoms with Crippen molar-refractivity contribution in [1.29, 1.82) is 5.26 Å². The van der Waals surface area contributed by atoms with Gasteiger partial charge in [0.05, 0.1) is 22.8 Å². The smallest absolute Gasteiger partial charge is 0.425 e. The number of ether oxygens (including phenoxy) is 1. The molecule has 0 N–H and O–H groups in total. The third kappa shape index (κ3) is 3.89. The maximum absolute atomic E-state index is 13.2. The second-order valence-corrected chi connectivity index (χ2v) is 7.65. The van der Waals surface area contributed by atoms with E-state index in [2.05, 4.69) is 10.2 Å². The van der Waals surface area contributed by atoms with Gasteiger partial charge in [-0.2, -0.15) is 28.6 Å². The first-order chi connectivity index (χ1) is 15.1. The number of benzene rings is 1. The number of amides is 1. The molecule has 0 spiro atoms. The highest BCUT2D eigenvalue weighted by molar-refractivity contribution is 6.35. The molecule has 1 aliphatic rings. The maximum Gasteiger partial charge on any atom is 0.425 e. The molecule has 32 heavy (non-hydrogen) atoms. The predicted molar refractivity (Wildman–Crippen MR) is 106 cm³/mol. The van der Waals surface area contributed by atoms with E-state index in [4.69, 9.17) is 16.3 Å². The van der Waals surface area contributed by atoms with Crippen molar-refractivity contribution in [2.24, 2.45) is 7.05 Å². The van der Waals surface area contributed by atoms with Crippen LogP contribution in [0.1, 0.15) is 34.1 Å². The molecule has 8 nitrogen and oxygen atoms in total. The van der Waals surface area contributed by atoms with Gasteiger partial charge in [-0.05, 0) is 19.1 Å². The Hall–Kier alpha value is -3.52. The summed E-state index contributed by atoms with van der Waals surface area (Å²) in [7, 11) is 1.78. The highest BCUT2D eigenvalue weighted by Crippen LogP contribution is 2.35. The van der Waals surface area contributed by atoms with Gasteiger partial charge < -0.3 is 9.64 Å². The van der Waals surface area contributed by atoms with Gasteiger partial charge in [0.25, 0.3) is 5.91 Å². The molecular formula is C20H16ClF3N6O2. The molecular weight excluding hydrogens is 449 g/mol. The van der Waals surface area contributed by atoms with Gasteiger partial charge in [0.1, 0.15) is 17.4 Å². The monoisotopic (exact) mass is 464 g/mol. The zero-order valence-corrected chi connectivity index (χ0v) is 17.6. The van der Waals surface area contributed by atoms with E-state index >= 15 is 0 Å². The van der Waals surface area contributed by atoms with Gasteiger partial charge in [-0.15, -0.1) is 0 Å². The molecule has 4 rings (SSSR count). The van der Waals surface area contributed by atoms with Crippen LogP contribution in [0.5, 0.6) is 5.75 Å². The lowest BCUT2D eigenvalue weighted by Gasteiger charge is -2.23. The third-order valence-electron chi connectivity index (χ3n) is 5.00. The van der Waals surface area contributed by atoms with Crippen molar-refractivity contribution >= 4 is 17.5 Å². The number of hydrogen-bond donors (Lipinski definition) is 0. The molecule has 0 fully saturated rings. The van der Waals surface area contributed by atoms with Crippen LogP contribution >= 0.6 is 11.6 Å². The van der Waals surface area contributed by atoms with Crippen LogP contribution in [0.2, 0.25) is 5.02 Å². The molecule has 1 aromatic carbocycles. The number of halogens is 4. The van der Waals surface area contributed by atoms with Crippen molar-refractivity contribution in [1.82, 2.24) is 24.5 Å². The minimum absolute atomic E-state index is 0.0423. The number of rotatable bonds is 4. The van der Waals surface area contributed by atoms with Crippen LogP contribution in [0.4, 0.5) is 13.2 Å². The number of alkyl halides is 3. The summed E-state index contributed by atoms with van der Waals surface area (Å²) < 4.78 is 47.3. The lowest BCUT2D eigenvalue weighted by molar-refractivity contribution is -0.189. The lowest BCUT2D eigenvalue weighted by atomic mass is 10.1. The first-order valence-corrected chi connectivity index (χ1v) is 9.79. The Morgan fingerprint density at radius 3 is 2.62 bits per heavy atom. The molecule has 0 saturated heterocycles.